The van der Waals surface area contributed by atoms with Crippen LogP contribution in [0.2, 0.25) is 0 Å². The Morgan fingerprint density at radius 2 is 1.58 bits per heavy atom. The van der Waals surface area contributed by atoms with Crippen LogP contribution in [-0.2, 0) is 32.6 Å². The number of ether oxygens (including phenoxy) is 2. The highest BCUT2D eigenvalue weighted by Crippen LogP contribution is 2.35. The lowest BCUT2D eigenvalue weighted by Crippen LogP contribution is -2.56. The molecule has 0 bridgehead atoms. The van der Waals surface area contributed by atoms with E-state index in [0.717, 1.165) is 9.87 Å². The van der Waals surface area contributed by atoms with Crippen molar-refractivity contribution in [3.63, 3.8) is 0 Å². The van der Waals surface area contributed by atoms with Gasteiger partial charge < -0.3 is 19.7 Å². The van der Waals surface area contributed by atoms with Crippen LogP contribution in [0, 0.1) is 5.82 Å². The second-order valence-corrected chi connectivity index (χ2v) is 13.5. The summed E-state index contributed by atoms with van der Waals surface area (Å²) in [6.07, 6.45) is 0.181. The maximum atomic E-state index is 14.3. The minimum atomic E-state index is -3.94. The number of hydrogen-bond acceptors (Lipinski definition) is 6. The zero-order valence-electron chi connectivity index (χ0n) is 24.9. The number of sulfonamides is 1. The van der Waals surface area contributed by atoms with Crippen LogP contribution in [0.1, 0.15) is 38.8 Å². The number of nitrogens with one attached hydrogen (secondary N) is 1. The van der Waals surface area contributed by atoms with Gasteiger partial charge >= 0.3 is 0 Å². The van der Waals surface area contributed by atoms with E-state index in [9.17, 15) is 22.4 Å². The van der Waals surface area contributed by atoms with Crippen molar-refractivity contribution in [2.45, 2.75) is 52.2 Å². The average Bonchev–Trinajstić information content (AvgIpc) is 2.97. The Morgan fingerprint density at radius 1 is 0.930 bits per heavy atom. The molecule has 0 aromatic heterocycles. The molecule has 1 heterocycles. The first kappa shape index (κ1) is 31.8. The highest BCUT2D eigenvalue weighted by Gasteiger charge is 2.35. The largest absolute Gasteiger partial charge is 0.486 e. The molecule has 1 aliphatic heterocycles. The second-order valence-electron chi connectivity index (χ2n) is 11.3. The second kappa shape index (κ2) is 13.5. The minimum absolute atomic E-state index is 0.0463. The lowest BCUT2D eigenvalue weighted by molar-refractivity contribution is -0.140. The Balaban J connectivity index is 1.76. The lowest BCUT2D eigenvalue weighted by atomic mass is 10.0. The molecule has 11 heteroatoms. The maximum Gasteiger partial charge on any atom is 0.244 e. The third kappa shape index (κ3) is 8.47. The van der Waals surface area contributed by atoms with Crippen molar-refractivity contribution >= 4 is 27.5 Å². The number of nitrogens with zero attached hydrogens (tertiary/aromatic N) is 2. The number of anilines is 1. The van der Waals surface area contributed by atoms with E-state index in [0.29, 0.717) is 30.3 Å². The van der Waals surface area contributed by atoms with Gasteiger partial charge in [-0.2, -0.15) is 0 Å². The highest BCUT2D eigenvalue weighted by atomic mass is 32.2. The van der Waals surface area contributed by atoms with Gasteiger partial charge in [0, 0.05) is 24.6 Å². The van der Waals surface area contributed by atoms with Crippen LogP contribution in [0.4, 0.5) is 10.1 Å². The molecule has 0 radical (unpaired) electrons. The Hall–Kier alpha value is -4.12. The van der Waals surface area contributed by atoms with Crippen LogP contribution in [0.5, 0.6) is 11.5 Å². The van der Waals surface area contributed by atoms with Crippen molar-refractivity contribution in [1.82, 2.24) is 10.2 Å². The molecule has 0 saturated heterocycles. The van der Waals surface area contributed by atoms with Gasteiger partial charge in [-0.05, 0) is 63.1 Å². The molecular weight excluding hydrogens is 573 g/mol. The number of halogens is 1. The molecule has 9 nitrogen and oxygen atoms in total. The Kier molecular flexibility index (Phi) is 9.95. The molecule has 0 aliphatic carbocycles. The van der Waals surface area contributed by atoms with E-state index in [2.05, 4.69) is 5.32 Å². The van der Waals surface area contributed by atoms with Crippen molar-refractivity contribution < 1.29 is 31.9 Å². The fraction of sp³-hybridized carbons (Fsp3) is 0.375. The average molecular weight is 612 g/mol. The fourth-order valence-corrected chi connectivity index (χ4v) is 5.75. The van der Waals surface area contributed by atoms with Gasteiger partial charge in [0.15, 0.2) is 11.5 Å². The van der Waals surface area contributed by atoms with Gasteiger partial charge in [-0.15, -0.1) is 0 Å². The summed E-state index contributed by atoms with van der Waals surface area (Å²) in [5.74, 6) is -0.828. The Morgan fingerprint density at radius 3 is 2.21 bits per heavy atom. The normalized spacial score (nSPS) is 13.6. The van der Waals surface area contributed by atoms with Crippen LogP contribution in [0.25, 0.3) is 0 Å². The third-order valence-corrected chi connectivity index (χ3v) is 8.57. The Bertz CT molecular complexity index is 1520. The number of fused-ring (bicyclic) bond motifs is 1. The predicted octanol–water partition coefficient (Wildman–Crippen LogP) is 4.31. The number of benzene rings is 3. The van der Waals surface area contributed by atoms with E-state index < -0.39 is 45.8 Å². The quantitative estimate of drug-likeness (QED) is 0.347. The Labute approximate surface area is 252 Å². The van der Waals surface area contributed by atoms with E-state index in [4.69, 9.17) is 9.47 Å². The standard InChI is InChI=1S/C32H38FN3O6S/c1-5-43(39,40)36(26-15-16-28-29(20-26)42-18-17-41-28)22-30(37)35(21-24-11-13-25(33)14-12-24)27(31(38)34-32(2,3)4)19-23-9-7-6-8-10-23/h6-16,20,27H,5,17-19,21-22H2,1-4H3,(H,34,38)/t27-/m1/s1. The molecular formula is C32H38FN3O6S. The van der Waals surface area contributed by atoms with E-state index in [-0.39, 0.29) is 24.4 Å². The lowest BCUT2D eigenvalue weighted by Gasteiger charge is -2.35. The number of rotatable bonds is 11. The molecule has 0 spiro atoms. The molecule has 230 valence electrons. The first-order valence-electron chi connectivity index (χ1n) is 14.2. The number of carbonyl (C=O) groups excluding carboxylic acids is 2. The third-order valence-electron chi connectivity index (χ3n) is 6.83. The molecule has 0 unspecified atom stereocenters. The number of amides is 2. The van der Waals surface area contributed by atoms with Crippen molar-refractivity contribution in [1.29, 1.82) is 0 Å². The highest BCUT2D eigenvalue weighted by molar-refractivity contribution is 7.92. The predicted molar refractivity (Wildman–Crippen MR) is 163 cm³/mol. The molecule has 3 aromatic carbocycles. The molecule has 43 heavy (non-hydrogen) atoms. The van der Waals surface area contributed by atoms with E-state index in [1.807, 2.05) is 51.1 Å². The summed E-state index contributed by atoms with van der Waals surface area (Å²) in [4.78, 5) is 29.4. The van der Waals surface area contributed by atoms with E-state index in [1.165, 1.54) is 42.2 Å². The van der Waals surface area contributed by atoms with E-state index in [1.54, 1.807) is 12.1 Å². The van der Waals surface area contributed by atoms with Crippen LogP contribution < -0.4 is 19.1 Å². The molecule has 1 atom stereocenters. The minimum Gasteiger partial charge on any atom is -0.486 e. The molecule has 0 saturated carbocycles. The number of carbonyl (C=O) groups is 2. The molecule has 3 aromatic rings. The molecule has 1 N–H and O–H groups in total. The summed E-state index contributed by atoms with van der Waals surface area (Å²) in [5.41, 5.74) is 1.04. The zero-order valence-corrected chi connectivity index (χ0v) is 25.7. The monoisotopic (exact) mass is 611 g/mol. The summed E-state index contributed by atoms with van der Waals surface area (Å²) < 4.78 is 52.8. The molecule has 2 amide bonds. The van der Waals surface area contributed by atoms with Crippen LogP contribution >= 0.6 is 0 Å². The molecule has 1 aliphatic rings. The molecule has 0 fully saturated rings. The smallest absolute Gasteiger partial charge is 0.244 e. The van der Waals surface area contributed by atoms with Gasteiger partial charge in [0.05, 0.1) is 11.4 Å². The number of hydrogen-bond donors (Lipinski definition) is 1. The zero-order chi connectivity index (χ0) is 31.2. The van der Waals surface area contributed by atoms with Crippen molar-refractivity contribution in [3.05, 3.63) is 89.7 Å². The van der Waals surface area contributed by atoms with Crippen molar-refractivity contribution in [3.8, 4) is 11.5 Å². The van der Waals surface area contributed by atoms with Crippen molar-refractivity contribution in [2.75, 3.05) is 29.8 Å². The van der Waals surface area contributed by atoms with Gasteiger partial charge in [-0.25, -0.2) is 12.8 Å². The summed E-state index contributed by atoms with van der Waals surface area (Å²) in [6.45, 7) is 7.09. The maximum absolute atomic E-state index is 14.3. The van der Waals surface area contributed by atoms with Crippen LogP contribution in [-0.4, -0.2) is 62.2 Å². The summed E-state index contributed by atoms with van der Waals surface area (Å²) in [7, 11) is -3.94. The van der Waals surface area contributed by atoms with Gasteiger partial charge in [-0.1, -0.05) is 42.5 Å². The van der Waals surface area contributed by atoms with E-state index >= 15 is 0 Å². The summed E-state index contributed by atoms with van der Waals surface area (Å²) >= 11 is 0. The summed E-state index contributed by atoms with van der Waals surface area (Å²) in [6, 6.07) is 18.6. The molecule has 4 rings (SSSR count). The van der Waals surface area contributed by atoms with Gasteiger partial charge in [0.1, 0.15) is 31.6 Å². The first-order chi connectivity index (χ1) is 20.4. The van der Waals surface area contributed by atoms with Gasteiger partial charge in [0.25, 0.3) is 0 Å². The summed E-state index contributed by atoms with van der Waals surface area (Å²) in [5, 5.41) is 2.98. The van der Waals surface area contributed by atoms with Crippen molar-refractivity contribution in [2.24, 2.45) is 0 Å². The first-order valence-corrected chi connectivity index (χ1v) is 15.8. The van der Waals surface area contributed by atoms with Gasteiger partial charge in [0.2, 0.25) is 21.8 Å². The van der Waals surface area contributed by atoms with Crippen LogP contribution in [0.15, 0.2) is 72.8 Å². The fourth-order valence-electron chi connectivity index (χ4n) is 4.70. The van der Waals surface area contributed by atoms with Crippen LogP contribution in [0.3, 0.4) is 0 Å². The van der Waals surface area contributed by atoms with Gasteiger partial charge in [-0.3, -0.25) is 13.9 Å². The SMILES string of the molecule is CCS(=O)(=O)N(CC(=O)N(Cc1ccc(F)cc1)[C@H](Cc1ccccc1)C(=O)NC(C)(C)C)c1ccc2c(c1)OCCO2. The topological polar surface area (TPSA) is 105 Å².